The predicted molar refractivity (Wildman–Crippen MR) is 65.5 cm³/mol. The molecule has 0 atom stereocenters. The molecule has 0 aliphatic carbocycles. The summed E-state index contributed by atoms with van der Waals surface area (Å²) in [5.41, 5.74) is 1.16. The Morgan fingerprint density at radius 2 is 2.12 bits per heavy atom. The van der Waals surface area contributed by atoms with E-state index >= 15 is 0 Å². The zero-order chi connectivity index (χ0) is 12.3. The molecule has 1 N–H and O–H groups in total. The third-order valence-electron chi connectivity index (χ3n) is 2.50. The van der Waals surface area contributed by atoms with E-state index in [2.05, 4.69) is 0 Å². The van der Waals surface area contributed by atoms with Crippen molar-refractivity contribution < 1.29 is 9.90 Å². The SMILES string of the molecule is CSCCn1c(C)c(C(=O)O)c(C)cc1=O. The molecule has 0 fully saturated rings. The van der Waals surface area contributed by atoms with Gasteiger partial charge >= 0.3 is 5.97 Å². The summed E-state index contributed by atoms with van der Waals surface area (Å²) >= 11 is 1.63. The van der Waals surface area contributed by atoms with Crippen molar-refractivity contribution in [3.8, 4) is 0 Å². The lowest BCUT2D eigenvalue weighted by atomic mass is 10.1. The van der Waals surface area contributed by atoms with Crippen LogP contribution in [0.2, 0.25) is 0 Å². The molecule has 0 unspecified atom stereocenters. The van der Waals surface area contributed by atoms with Gasteiger partial charge in [-0.05, 0) is 25.7 Å². The van der Waals surface area contributed by atoms with Crippen molar-refractivity contribution in [2.75, 3.05) is 12.0 Å². The molecule has 1 heterocycles. The van der Waals surface area contributed by atoms with Crippen molar-refractivity contribution in [1.82, 2.24) is 4.57 Å². The van der Waals surface area contributed by atoms with Crippen molar-refractivity contribution in [1.29, 1.82) is 0 Å². The van der Waals surface area contributed by atoms with E-state index in [1.165, 1.54) is 10.6 Å². The lowest BCUT2D eigenvalue weighted by molar-refractivity contribution is 0.0694. The van der Waals surface area contributed by atoms with Gasteiger partial charge in [0.1, 0.15) is 0 Å². The number of rotatable bonds is 4. The van der Waals surface area contributed by atoms with Crippen LogP contribution in [0.15, 0.2) is 10.9 Å². The molecule has 88 valence electrons. The van der Waals surface area contributed by atoms with Gasteiger partial charge in [0.05, 0.1) is 5.56 Å². The molecule has 4 nitrogen and oxygen atoms in total. The molecule has 0 aromatic carbocycles. The third kappa shape index (κ3) is 2.47. The fourth-order valence-electron chi connectivity index (χ4n) is 1.70. The van der Waals surface area contributed by atoms with Crippen LogP contribution in [0.5, 0.6) is 0 Å². The number of carboxylic acid groups (broad SMARTS) is 1. The second-order valence-electron chi connectivity index (χ2n) is 3.58. The molecule has 0 amide bonds. The van der Waals surface area contributed by atoms with E-state index in [-0.39, 0.29) is 11.1 Å². The first-order chi connectivity index (χ1) is 7.49. The highest BCUT2D eigenvalue weighted by Crippen LogP contribution is 2.11. The van der Waals surface area contributed by atoms with E-state index in [1.54, 1.807) is 25.6 Å². The summed E-state index contributed by atoms with van der Waals surface area (Å²) in [4.78, 5) is 22.8. The van der Waals surface area contributed by atoms with E-state index in [1.807, 2.05) is 6.26 Å². The first kappa shape index (κ1) is 12.8. The summed E-state index contributed by atoms with van der Waals surface area (Å²) in [5, 5.41) is 9.07. The molecule has 0 spiro atoms. The van der Waals surface area contributed by atoms with Gasteiger partial charge in [0.25, 0.3) is 5.56 Å². The maximum Gasteiger partial charge on any atom is 0.337 e. The number of nitrogens with zero attached hydrogens (tertiary/aromatic N) is 1. The molecule has 0 aliphatic rings. The number of hydrogen-bond acceptors (Lipinski definition) is 3. The molecular weight excluding hydrogens is 226 g/mol. The zero-order valence-electron chi connectivity index (χ0n) is 9.61. The molecular formula is C11H15NO3S. The molecule has 16 heavy (non-hydrogen) atoms. The number of thioether (sulfide) groups is 1. The fourth-order valence-corrected chi connectivity index (χ4v) is 2.07. The van der Waals surface area contributed by atoms with Gasteiger partial charge in [0.15, 0.2) is 0 Å². The van der Waals surface area contributed by atoms with Crippen LogP contribution in [0, 0.1) is 13.8 Å². The van der Waals surface area contributed by atoms with Gasteiger partial charge in [0, 0.05) is 24.1 Å². The number of carbonyl (C=O) groups is 1. The second kappa shape index (κ2) is 5.21. The maximum absolute atomic E-state index is 11.7. The fraction of sp³-hybridized carbons (Fsp3) is 0.455. The molecule has 1 aromatic rings. The Morgan fingerprint density at radius 1 is 1.50 bits per heavy atom. The van der Waals surface area contributed by atoms with E-state index < -0.39 is 5.97 Å². The predicted octanol–water partition coefficient (Wildman–Crippen LogP) is 1.53. The first-order valence-corrected chi connectivity index (χ1v) is 6.31. The molecule has 5 heteroatoms. The van der Waals surface area contributed by atoms with Crippen molar-refractivity contribution >= 4 is 17.7 Å². The molecule has 0 aliphatic heterocycles. The monoisotopic (exact) mass is 241 g/mol. The van der Waals surface area contributed by atoms with E-state index in [0.717, 1.165) is 5.75 Å². The molecule has 0 saturated heterocycles. The number of aromatic carboxylic acids is 1. The van der Waals surface area contributed by atoms with Crippen molar-refractivity contribution in [3.63, 3.8) is 0 Å². The summed E-state index contributed by atoms with van der Waals surface area (Å²) in [7, 11) is 0. The summed E-state index contributed by atoms with van der Waals surface area (Å²) in [6, 6.07) is 1.39. The van der Waals surface area contributed by atoms with Crippen LogP contribution in [0.25, 0.3) is 0 Å². The van der Waals surface area contributed by atoms with Gasteiger partial charge in [-0.3, -0.25) is 4.79 Å². The van der Waals surface area contributed by atoms with Crippen LogP contribution in [-0.4, -0.2) is 27.7 Å². The van der Waals surface area contributed by atoms with Crippen molar-refractivity contribution in [3.05, 3.63) is 33.2 Å². The minimum atomic E-state index is -0.979. The van der Waals surface area contributed by atoms with Crippen molar-refractivity contribution in [2.24, 2.45) is 0 Å². The number of aryl methyl sites for hydroxylation is 1. The Morgan fingerprint density at radius 3 is 2.62 bits per heavy atom. The van der Waals surface area contributed by atoms with Crippen LogP contribution >= 0.6 is 11.8 Å². The summed E-state index contributed by atoms with van der Waals surface area (Å²) in [6.45, 7) is 3.88. The lowest BCUT2D eigenvalue weighted by Crippen LogP contribution is -2.26. The standard InChI is InChI=1S/C11H15NO3S/c1-7-6-9(13)12(4-5-16-3)8(2)10(7)11(14)15/h6H,4-5H2,1-3H3,(H,14,15). The number of aromatic nitrogens is 1. The van der Waals surface area contributed by atoms with Gasteiger partial charge in [0.2, 0.25) is 0 Å². The van der Waals surface area contributed by atoms with Crippen molar-refractivity contribution in [2.45, 2.75) is 20.4 Å². The average molecular weight is 241 g/mol. The minimum Gasteiger partial charge on any atom is -0.478 e. The van der Waals surface area contributed by atoms with E-state index in [4.69, 9.17) is 5.11 Å². The first-order valence-electron chi connectivity index (χ1n) is 4.92. The van der Waals surface area contributed by atoms with Crippen LogP contribution < -0.4 is 5.56 Å². The third-order valence-corrected chi connectivity index (χ3v) is 3.09. The van der Waals surface area contributed by atoms with Gasteiger partial charge in [-0.15, -0.1) is 0 Å². The van der Waals surface area contributed by atoms with Gasteiger partial charge < -0.3 is 9.67 Å². The van der Waals surface area contributed by atoms with Crippen LogP contribution in [-0.2, 0) is 6.54 Å². The number of hydrogen-bond donors (Lipinski definition) is 1. The highest BCUT2D eigenvalue weighted by Gasteiger charge is 2.15. The smallest absolute Gasteiger partial charge is 0.337 e. The van der Waals surface area contributed by atoms with E-state index in [0.29, 0.717) is 17.8 Å². The van der Waals surface area contributed by atoms with Gasteiger partial charge in [-0.1, -0.05) is 0 Å². The minimum absolute atomic E-state index is 0.131. The van der Waals surface area contributed by atoms with Gasteiger partial charge in [-0.2, -0.15) is 11.8 Å². The Balaban J connectivity index is 3.33. The topological polar surface area (TPSA) is 59.3 Å². The van der Waals surface area contributed by atoms with E-state index in [9.17, 15) is 9.59 Å². The normalized spacial score (nSPS) is 10.4. The zero-order valence-corrected chi connectivity index (χ0v) is 10.4. The van der Waals surface area contributed by atoms with Crippen LogP contribution in [0.1, 0.15) is 21.6 Å². The highest BCUT2D eigenvalue weighted by molar-refractivity contribution is 7.98. The molecule has 1 aromatic heterocycles. The number of pyridine rings is 1. The average Bonchev–Trinajstić information content (AvgIpc) is 2.16. The summed E-state index contributed by atoms with van der Waals surface area (Å²) in [5.74, 6) is -0.184. The van der Waals surface area contributed by atoms with Gasteiger partial charge in [-0.25, -0.2) is 4.79 Å². The number of carboxylic acids is 1. The molecule has 0 bridgehead atoms. The Labute approximate surface area is 98.3 Å². The van der Waals surface area contributed by atoms with Crippen LogP contribution in [0.4, 0.5) is 0 Å². The largest absolute Gasteiger partial charge is 0.478 e. The molecule has 1 rings (SSSR count). The Bertz CT molecular complexity index is 465. The summed E-state index contributed by atoms with van der Waals surface area (Å²) < 4.78 is 1.52. The lowest BCUT2D eigenvalue weighted by Gasteiger charge is -2.13. The quantitative estimate of drug-likeness (QED) is 0.868. The maximum atomic E-state index is 11.7. The Kier molecular flexibility index (Phi) is 4.18. The highest BCUT2D eigenvalue weighted by atomic mass is 32.2. The van der Waals surface area contributed by atoms with Crippen LogP contribution in [0.3, 0.4) is 0 Å². The Hall–Kier alpha value is -1.23. The second-order valence-corrected chi connectivity index (χ2v) is 4.56. The molecule has 0 saturated carbocycles. The molecule has 0 radical (unpaired) electrons. The summed E-state index contributed by atoms with van der Waals surface area (Å²) in [6.07, 6.45) is 1.95.